The number of nitrogens with one attached hydrogen (secondary N) is 3. The molecule has 0 aliphatic heterocycles. The zero-order valence-electron chi connectivity index (χ0n) is 15.5. The van der Waals surface area contributed by atoms with Gasteiger partial charge in [-0.25, -0.2) is 14.2 Å². The van der Waals surface area contributed by atoms with Crippen LogP contribution in [-0.4, -0.2) is 25.4 Å². The maximum atomic E-state index is 13.3. The highest BCUT2D eigenvalue weighted by Crippen LogP contribution is 2.21. The van der Waals surface area contributed by atoms with Crippen molar-refractivity contribution in [1.29, 1.82) is 0 Å². The number of imidazole rings is 1. The van der Waals surface area contributed by atoms with Crippen LogP contribution in [0.3, 0.4) is 0 Å². The molecule has 1 unspecified atom stereocenters. The predicted octanol–water partition coefficient (Wildman–Crippen LogP) is 1.08. The summed E-state index contributed by atoms with van der Waals surface area (Å²) in [7, 11) is 1.80. The third kappa shape index (κ3) is 4.25. The van der Waals surface area contributed by atoms with Crippen LogP contribution >= 0.6 is 0 Å². The number of carbonyl (C=O) groups is 1. The Bertz CT molecular complexity index is 1100. The Kier molecular flexibility index (Phi) is 5.53. The Morgan fingerprint density at radius 2 is 1.96 bits per heavy atom. The Morgan fingerprint density at radius 3 is 2.57 bits per heavy atom. The van der Waals surface area contributed by atoms with Gasteiger partial charge in [0.15, 0.2) is 0 Å². The van der Waals surface area contributed by atoms with Crippen LogP contribution in [0.1, 0.15) is 35.1 Å². The van der Waals surface area contributed by atoms with Crippen molar-refractivity contribution in [1.82, 2.24) is 24.8 Å². The molecule has 0 bridgehead atoms. The Hall–Kier alpha value is -3.49. The molecular weight excluding hydrogens is 365 g/mol. The molecule has 0 aliphatic rings. The van der Waals surface area contributed by atoms with Crippen molar-refractivity contribution >= 4 is 5.91 Å². The summed E-state index contributed by atoms with van der Waals surface area (Å²) in [6.45, 7) is 1.61. The molecule has 3 rings (SSSR count). The van der Waals surface area contributed by atoms with Crippen molar-refractivity contribution in [3.05, 3.63) is 86.0 Å². The smallest absolute Gasteiger partial charge is 0.325 e. The van der Waals surface area contributed by atoms with Crippen LogP contribution in [-0.2, 0) is 18.3 Å². The fraction of sp³-hybridized carbons (Fsp3) is 0.263. The van der Waals surface area contributed by atoms with Gasteiger partial charge in [-0.15, -0.1) is 0 Å². The summed E-state index contributed by atoms with van der Waals surface area (Å²) in [5, 5.41) is 2.89. The van der Waals surface area contributed by atoms with E-state index in [0.29, 0.717) is 22.6 Å². The van der Waals surface area contributed by atoms with Crippen LogP contribution in [0, 0.1) is 12.7 Å². The van der Waals surface area contributed by atoms with E-state index in [2.05, 4.69) is 20.3 Å². The van der Waals surface area contributed by atoms with Crippen molar-refractivity contribution in [3.63, 3.8) is 0 Å². The number of H-pyrrole nitrogens is 2. The molecule has 0 saturated carbocycles. The number of benzene rings is 1. The monoisotopic (exact) mass is 385 g/mol. The number of amides is 1. The molecule has 9 heteroatoms. The fourth-order valence-corrected chi connectivity index (χ4v) is 3.01. The van der Waals surface area contributed by atoms with E-state index in [0.717, 1.165) is 0 Å². The SMILES string of the molecule is Cc1[nH]c(=O)[nH]c(=O)c1CCC(=O)NC(c1ccc(F)cc1)c1nccn1C. The molecule has 28 heavy (non-hydrogen) atoms. The number of hydrogen-bond acceptors (Lipinski definition) is 4. The second-order valence-corrected chi connectivity index (χ2v) is 6.46. The van der Waals surface area contributed by atoms with E-state index in [4.69, 9.17) is 0 Å². The van der Waals surface area contributed by atoms with Gasteiger partial charge < -0.3 is 14.9 Å². The first kappa shape index (κ1) is 19.3. The van der Waals surface area contributed by atoms with E-state index in [9.17, 15) is 18.8 Å². The van der Waals surface area contributed by atoms with Gasteiger partial charge in [-0.05, 0) is 31.0 Å². The van der Waals surface area contributed by atoms with Gasteiger partial charge in [0.05, 0.1) is 0 Å². The van der Waals surface area contributed by atoms with E-state index < -0.39 is 17.3 Å². The molecule has 8 nitrogen and oxygen atoms in total. The van der Waals surface area contributed by atoms with Crippen LogP contribution in [0.5, 0.6) is 0 Å². The van der Waals surface area contributed by atoms with Gasteiger partial charge in [0.1, 0.15) is 17.7 Å². The highest BCUT2D eigenvalue weighted by molar-refractivity contribution is 5.77. The summed E-state index contributed by atoms with van der Waals surface area (Å²) in [5.74, 6) is -0.0817. The normalized spacial score (nSPS) is 12.0. The molecule has 3 N–H and O–H groups in total. The van der Waals surface area contributed by atoms with Gasteiger partial charge in [-0.2, -0.15) is 0 Å². The number of rotatable bonds is 6. The number of hydrogen-bond donors (Lipinski definition) is 3. The minimum absolute atomic E-state index is 0.0398. The Labute approximate surface area is 159 Å². The number of aromatic amines is 2. The zero-order valence-corrected chi connectivity index (χ0v) is 15.5. The van der Waals surface area contributed by atoms with Crippen LogP contribution in [0.2, 0.25) is 0 Å². The summed E-state index contributed by atoms with van der Waals surface area (Å²) >= 11 is 0. The minimum atomic E-state index is -0.582. The van der Waals surface area contributed by atoms with Gasteiger partial charge in [0, 0.05) is 37.1 Å². The quantitative estimate of drug-likeness (QED) is 0.589. The maximum absolute atomic E-state index is 13.3. The summed E-state index contributed by atoms with van der Waals surface area (Å²) in [6, 6.07) is 5.25. The largest absolute Gasteiger partial charge is 0.342 e. The molecule has 0 spiro atoms. The van der Waals surface area contributed by atoms with E-state index in [1.165, 1.54) is 12.1 Å². The molecule has 2 heterocycles. The average molecular weight is 385 g/mol. The molecule has 2 aromatic heterocycles. The first-order valence-electron chi connectivity index (χ1n) is 8.69. The lowest BCUT2D eigenvalue weighted by molar-refractivity contribution is -0.121. The Balaban J connectivity index is 1.79. The van der Waals surface area contributed by atoms with Crippen molar-refractivity contribution in [3.8, 4) is 0 Å². The molecule has 1 atom stereocenters. The first-order valence-corrected chi connectivity index (χ1v) is 8.69. The standard InChI is InChI=1S/C19H20FN5O3/c1-11-14(18(27)24-19(28)22-11)7-8-15(26)23-16(17-21-9-10-25(17)2)12-3-5-13(20)6-4-12/h3-6,9-10,16H,7-8H2,1-2H3,(H,23,26)(H2,22,24,27,28). The van der Waals surface area contributed by atoms with E-state index in [1.54, 1.807) is 43.1 Å². The lowest BCUT2D eigenvalue weighted by atomic mass is 10.0. The van der Waals surface area contributed by atoms with Gasteiger partial charge in [0.2, 0.25) is 5.91 Å². The number of carbonyl (C=O) groups excluding carboxylic acids is 1. The van der Waals surface area contributed by atoms with Crippen molar-refractivity contribution < 1.29 is 9.18 Å². The highest BCUT2D eigenvalue weighted by Gasteiger charge is 2.21. The molecule has 0 fully saturated rings. The number of halogens is 1. The lowest BCUT2D eigenvalue weighted by Gasteiger charge is -2.19. The van der Waals surface area contributed by atoms with Gasteiger partial charge >= 0.3 is 5.69 Å². The molecule has 1 amide bonds. The van der Waals surface area contributed by atoms with Crippen LogP contribution < -0.4 is 16.6 Å². The molecular formula is C19H20FN5O3. The van der Waals surface area contributed by atoms with Gasteiger partial charge in [-0.3, -0.25) is 14.6 Å². The topological polar surface area (TPSA) is 113 Å². The third-order valence-corrected chi connectivity index (χ3v) is 4.48. The average Bonchev–Trinajstić information content (AvgIpc) is 3.05. The molecule has 0 saturated heterocycles. The second-order valence-electron chi connectivity index (χ2n) is 6.46. The minimum Gasteiger partial charge on any atom is -0.342 e. The lowest BCUT2D eigenvalue weighted by Crippen LogP contribution is -2.32. The van der Waals surface area contributed by atoms with Crippen molar-refractivity contribution in [2.45, 2.75) is 25.8 Å². The number of aryl methyl sites for hydroxylation is 2. The second kappa shape index (κ2) is 8.03. The zero-order chi connectivity index (χ0) is 20.3. The third-order valence-electron chi connectivity index (χ3n) is 4.48. The Morgan fingerprint density at radius 1 is 1.25 bits per heavy atom. The number of aromatic nitrogens is 4. The maximum Gasteiger partial charge on any atom is 0.325 e. The summed E-state index contributed by atoms with van der Waals surface area (Å²) in [4.78, 5) is 44.7. The molecule has 1 aromatic carbocycles. The molecule has 0 aliphatic carbocycles. The van der Waals surface area contributed by atoms with E-state index in [1.807, 2.05) is 0 Å². The van der Waals surface area contributed by atoms with Crippen molar-refractivity contribution in [2.24, 2.45) is 7.05 Å². The highest BCUT2D eigenvalue weighted by atomic mass is 19.1. The van der Waals surface area contributed by atoms with Crippen LogP contribution in [0.15, 0.2) is 46.2 Å². The number of nitrogens with zero attached hydrogens (tertiary/aromatic N) is 2. The van der Waals surface area contributed by atoms with Crippen LogP contribution in [0.25, 0.3) is 0 Å². The predicted molar refractivity (Wildman–Crippen MR) is 100 cm³/mol. The van der Waals surface area contributed by atoms with Gasteiger partial charge in [-0.1, -0.05) is 12.1 Å². The summed E-state index contributed by atoms with van der Waals surface area (Å²) in [5.41, 5.74) is 0.378. The van der Waals surface area contributed by atoms with Crippen molar-refractivity contribution in [2.75, 3.05) is 0 Å². The summed E-state index contributed by atoms with van der Waals surface area (Å²) in [6.07, 6.45) is 3.57. The molecule has 0 radical (unpaired) electrons. The van der Waals surface area contributed by atoms with E-state index in [-0.39, 0.29) is 24.6 Å². The van der Waals surface area contributed by atoms with E-state index >= 15 is 0 Å². The van der Waals surface area contributed by atoms with Crippen LogP contribution in [0.4, 0.5) is 4.39 Å². The molecule has 146 valence electrons. The summed E-state index contributed by atoms with van der Waals surface area (Å²) < 4.78 is 15.0. The van der Waals surface area contributed by atoms with Gasteiger partial charge in [0.25, 0.3) is 5.56 Å². The molecule has 3 aromatic rings. The first-order chi connectivity index (χ1) is 13.3. The fourth-order valence-electron chi connectivity index (χ4n) is 3.01.